The standard InChI is InChI=1S/C16H22N4O2S/c17-13-2-1-11(6-14(13)23-18)19-15(21)20-16-7-9-3-10(8-16)5-12(4-9)22-16/h1-2,6,9-10,12H,3-5,7-8,17-18H2,(H2,19,20,21). The van der Waals surface area contributed by atoms with Crippen LogP contribution in [0.4, 0.5) is 16.2 Å². The fourth-order valence-electron chi connectivity index (χ4n) is 4.58. The smallest absolute Gasteiger partial charge is 0.321 e. The summed E-state index contributed by atoms with van der Waals surface area (Å²) < 4.78 is 6.17. The van der Waals surface area contributed by atoms with E-state index in [9.17, 15) is 4.79 Å². The van der Waals surface area contributed by atoms with E-state index in [1.54, 1.807) is 18.2 Å². The van der Waals surface area contributed by atoms with Gasteiger partial charge in [-0.2, -0.15) is 0 Å². The van der Waals surface area contributed by atoms with Gasteiger partial charge in [0.1, 0.15) is 5.72 Å². The molecule has 6 N–H and O–H groups in total. The van der Waals surface area contributed by atoms with Gasteiger partial charge in [-0.05, 0) is 74.1 Å². The topological polar surface area (TPSA) is 102 Å². The number of anilines is 2. The minimum atomic E-state index is -0.474. The number of amides is 2. The molecule has 2 saturated heterocycles. The summed E-state index contributed by atoms with van der Waals surface area (Å²) in [6.07, 6.45) is 5.77. The molecule has 5 rings (SSSR count). The second kappa shape index (κ2) is 5.58. The molecule has 2 heterocycles. The summed E-state index contributed by atoms with van der Waals surface area (Å²) in [7, 11) is 0. The van der Waals surface area contributed by atoms with Gasteiger partial charge >= 0.3 is 6.03 Å². The monoisotopic (exact) mass is 334 g/mol. The Kier molecular flexibility index (Phi) is 3.66. The van der Waals surface area contributed by atoms with Crippen LogP contribution in [0.2, 0.25) is 0 Å². The normalized spacial score (nSPS) is 34.4. The maximum Gasteiger partial charge on any atom is 0.321 e. The molecular formula is C16H22N4O2S. The Morgan fingerprint density at radius 1 is 1.26 bits per heavy atom. The summed E-state index contributed by atoms with van der Waals surface area (Å²) in [6.45, 7) is 0. The molecule has 2 unspecified atom stereocenters. The summed E-state index contributed by atoms with van der Waals surface area (Å²) in [5, 5.41) is 11.5. The van der Waals surface area contributed by atoms with Crippen molar-refractivity contribution in [2.45, 2.75) is 48.8 Å². The van der Waals surface area contributed by atoms with Crippen molar-refractivity contribution in [1.82, 2.24) is 5.32 Å². The highest BCUT2D eigenvalue weighted by Gasteiger charge is 2.52. The minimum Gasteiger partial charge on any atom is -0.398 e. The van der Waals surface area contributed by atoms with Crippen LogP contribution in [0.25, 0.3) is 0 Å². The molecule has 4 aliphatic rings. The number of carbonyl (C=O) groups excluding carboxylic acids is 1. The third kappa shape index (κ3) is 2.88. The molecule has 2 aliphatic carbocycles. The second-order valence-electron chi connectivity index (χ2n) is 7.03. The second-order valence-corrected chi connectivity index (χ2v) is 7.71. The molecule has 6 nitrogen and oxygen atoms in total. The van der Waals surface area contributed by atoms with Crippen molar-refractivity contribution in [1.29, 1.82) is 0 Å². The predicted molar refractivity (Wildman–Crippen MR) is 90.7 cm³/mol. The number of urea groups is 1. The Balaban J connectivity index is 1.44. The summed E-state index contributed by atoms with van der Waals surface area (Å²) in [4.78, 5) is 13.2. The molecule has 0 spiro atoms. The molecule has 2 amide bonds. The van der Waals surface area contributed by atoms with Gasteiger partial charge in [-0.1, -0.05) is 0 Å². The van der Waals surface area contributed by atoms with E-state index in [-0.39, 0.29) is 6.03 Å². The largest absolute Gasteiger partial charge is 0.398 e. The van der Waals surface area contributed by atoms with Crippen LogP contribution in [0, 0.1) is 11.8 Å². The molecule has 4 fully saturated rings. The van der Waals surface area contributed by atoms with E-state index < -0.39 is 5.72 Å². The maximum absolute atomic E-state index is 12.4. The number of hydrogen-bond acceptors (Lipinski definition) is 5. The number of nitrogens with one attached hydrogen (secondary N) is 2. The van der Waals surface area contributed by atoms with Crippen molar-refractivity contribution in [2.75, 3.05) is 11.1 Å². The fraction of sp³-hybridized carbons (Fsp3) is 0.562. The zero-order chi connectivity index (χ0) is 16.0. The third-order valence-corrected chi connectivity index (χ3v) is 5.84. The average Bonchev–Trinajstić information content (AvgIpc) is 2.47. The molecule has 2 saturated carbocycles. The lowest BCUT2D eigenvalue weighted by molar-refractivity contribution is -0.227. The molecule has 0 radical (unpaired) electrons. The molecular weight excluding hydrogens is 312 g/mol. The van der Waals surface area contributed by atoms with E-state index in [4.69, 9.17) is 15.6 Å². The zero-order valence-electron chi connectivity index (χ0n) is 12.9. The highest BCUT2D eigenvalue weighted by Crippen LogP contribution is 2.51. The minimum absolute atomic E-state index is 0.232. The van der Waals surface area contributed by atoms with Crippen LogP contribution in [0.5, 0.6) is 0 Å². The van der Waals surface area contributed by atoms with Crippen LogP contribution in [0.3, 0.4) is 0 Å². The number of carbonyl (C=O) groups is 1. The lowest BCUT2D eigenvalue weighted by Gasteiger charge is -2.56. The Hall–Kier alpha value is -1.44. The summed E-state index contributed by atoms with van der Waals surface area (Å²) >= 11 is 1.07. The lowest BCUT2D eigenvalue weighted by atomic mass is 9.65. The number of nitrogens with two attached hydrogens (primary N) is 2. The molecule has 2 atom stereocenters. The van der Waals surface area contributed by atoms with Crippen molar-refractivity contribution < 1.29 is 9.53 Å². The highest BCUT2D eigenvalue weighted by molar-refractivity contribution is 7.97. The van der Waals surface area contributed by atoms with E-state index in [0.29, 0.717) is 29.3 Å². The van der Waals surface area contributed by atoms with Crippen LogP contribution in [-0.4, -0.2) is 17.9 Å². The molecule has 1 aromatic carbocycles. The lowest BCUT2D eigenvalue weighted by Crippen LogP contribution is -2.63. The van der Waals surface area contributed by atoms with Crippen LogP contribution < -0.4 is 21.5 Å². The van der Waals surface area contributed by atoms with Gasteiger partial charge in [0.05, 0.1) is 6.10 Å². The number of nitrogen functional groups attached to an aromatic ring is 1. The van der Waals surface area contributed by atoms with Crippen molar-refractivity contribution in [3.63, 3.8) is 0 Å². The third-order valence-electron chi connectivity index (χ3n) is 5.23. The van der Waals surface area contributed by atoms with Crippen molar-refractivity contribution in [2.24, 2.45) is 17.0 Å². The summed E-state index contributed by atoms with van der Waals surface area (Å²) in [5.41, 5.74) is 6.62. The average molecular weight is 334 g/mol. The van der Waals surface area contributed by atoms with Gasteiger partial charge in [0.25, 0.3) is 0 Å². The highest BCUT2D eigenvalue weighted by atomic mass is 32.2. The number of benzene rings is 1. The fourth-order valence-corrected chi connectivity index (χ4v) is 4.98. The molecule has 23 heavy (non-hydrogen) atoms. The van der Waals surface area contributed by atoms with E-state index in [1.165, 1.54) is 6.42 Å². The van der Waals surface area contributed by atoms with Crippen LogP contribution in [0.1, 0.15) is 32.1 Å². The van der Waals surface area contributed by atoms with E-state index in [1.807, 2.05) is 0 Å². The Labute approximate surface area is 139 Å². The van der Waals surface area contributed by atoms with Gasteiger partial charge in [-0.25, -0.2) is 4.79 Å². The Morgan fingerprint density at radius 2 is 2.00 bits per heavy atom. The molecule has 0 aromatic heterocycles. The first kappa shape index (κ1) is 15.1. The quantitative estimate of drug-likeness (QED) is 0.503. The first-order valence-electron chi connectivity index (χ1n) is 8.08. The number of rotatable bonds is 3. The first-order chi connectivity index (χ1) is 11.0. The maximum atomic E-state index is 12.4. The Morgan fingerprint density at radius 3 is 2.65 bits per heavy atom. The summed E-state index contributed by atoms with van der Waals surface area (Å²) in [6, 6.07) is 5.06. The van der Waals surface area contributed by atoms with Gasteiger partial charge in [0, 0.05) is 16.3 Å². The van der Waals surface area contributed by atoms with Crippen molar-refractivity contribution >= 4 is 29.4 Å². The first-order valence-corrected chi connectivity index (χ1v) is 8.96. The van der Waals surface area contributed by atoms with E-state index >= 15 is 0 Å². The summed E-state index contributed by atoms with van der Waals surface area (Å²) in [5.74, 6) is 1.39. The van der Waals surface area contributed by atoms with Crippen LogP contribution in [-0.2, 0) is 4.74 Å². The molecule has 7 heteroatoms. The molecule has 2 aliphatic heterocycles. The van der Waals surface area contributed by atoms with Gasteiger partial charge < -0.3 is 21.1 Å². The van der Waals surface area contributed by atoms with Gasteiger partial charge in [-0.3, -0.25) is 5.14 Å². The van der Waals surface area contributed by atoms with Gasteiger partial charge in [-0.15, -0.1) is 0 Å². The van der Waals surface area contributed by atoms with E-state index in [0.717, 1.165) is 42.5 Å². The predicted octanol–water partition coefficient (Wildman–Crippen LogP) is 2.66. The van der Waals surface area contributed by atoms with Crippen LogP contribution >= 0.6 is 11.9 Å². The van der Waals surface area contributed by atoms with Crippen LogP contribution in [0.15, 0.2) is 23.1 Å². The van der Waals surface area contributed by atoms with E-state index in [2.05, 4.69) is 10.6 Å². The van der Waals surface area contributed by atoms with Crippen molar-refractivity contribution in [3.05, 3.63) is 18.2 Å². The van der Waals surface area contributed by atoms with Gasteiger partial charge in [0.2, 0.25) is 0 Å². The molecule has 4 bridgehead atoms. The SMILES string of the molecule is NSc1cc(NC(=O)NC23CC4CC(CC(C4)O2)C3)ccc1N. The van der Waals surface area contributed by atoms with Crippen molar-refractivity contribution in [3.8, 4) is 0 Å². The zero-order valence-corrected chi connectivity index (χ0v) is 13.7. The number of ether oxygens (including phenoxy) is 1. The molecule has 1 aromatic rings. The Bertz CT molecular complexity index is 601. The van der Waals surface area contributed by atoms with Gasteiger partial charge in [0.15, 0.2) is 0 Å². The number of hydrogen-bond donors (Lipinski definition) is 4. The molecule has 124 valence electrons.